The maximum atomic E-state index is 12.1. The molecule has 134 valence electrons. The third-order valence-electron chi connectivity index (χ3n) is 3.41. The first-order chi connectivity index (χ1) is 12.3. The van der Waals surface area contributed by atoms with Gasteiger partial charge >= 0.3 is 11.9 Å². The summed E-state index contributed by atoms with van der Waals surface area (Å²) in [4.78, 5) is 45.2. The van der Waals surface area contributed by atoms with Crippen LogP contribution in [0.4, 0.5) is 5.69 Å². The van der Waals surface area contributed by atoms with Gasteiger partial charge in [0.15, 0.2) is 12.4 Å². The van der Waals surface area contributed by atoms with Crippen molar-refractivity contribution < 1.29 is 28.8 Å². The molecule has 2 aromatic rings. The maximum absolute atomic E-state index is 12.1. The van der Waals surface area contributed by atoms with Gasteiger partial charge in [-0.15, -0.1) is 0 Å². The summed E-state index contributed by atoms with van der Waals surface area (Å²) in [6, 6.07) is 9.69. The van der Waals surface area contributed by atoms with E-state index in [1.54, 1.807) is 6.92 Å². The number of nitro benzene ring substituents is 1. The Labute approximate surface area is 148 Å². The molecule has 0 N–H and O–H groups in total. The maximum Gasteiger partial charge on any atom is 0.338 e. The van der Waals surface area contributed by atoms with Crippen molar-refractivity contribution in [2.75, 3.05) is 6.61 Å². The quantitative estimate of drug-likeness (QED) is 0.257. The van der Waals surface area contributed by atoms with E-state index in [0.717, 1.165) is 6.07 Å². The van der Waals surface area contributed by atoms with Crippen molar-refractivity contribution in [2.24, 2.45) is 0 Å². The molecular formula is C18H15NO7. The van der Waals surface area contributed by atoms with Crippen molar-refractivity contribution >= 4 is 23.4 Å². The highest BCUT2D eigenvalue weighted by Gasteiger charge is 2.17. The number of ketones is 1. The van der Waals surface area contributed by atoms with Gasteiger partial charge in [0.05, 0.1) is 10.5 Å². The summed E-state index contributed by atoms with van der Waals surface area (Å²) in [6.07, 6.45) is 0. The van der Waals surface area contributed by atoms with Crippen molar-refractivity contribution in [3.8, 4) is 5.75 Å². The third kappa shape index (κ3) is 4.73. The highest BCUT2D eigenvalue weighted by molar-refractivity contribution is 5.99. The zero-order chi connectivity index (χ0) is 19.3. The van der Waals surface area contributed by atoms with Gasteiger partial charge < -0.3 is 9.47 Å². The van der Waals surface area contributed by atoms with Gasteiger partial charge in [0.1, 0.15) is 5.75 Å². The van der Waals surface area contributed by atoms with Gasteiger partial charge in [0.25, 0.3) is 5.69 Å². The second kappa shape index (κ2) is 8.02. The van der Waals surface area contributed by atoms with Crippen LogP contribution in [0.1, 0.15) is 33.2 Å². The molecular weight excluding hydrogens is 342 g/mol. The molecule has 0 aromatic heterocycles. The number of hydrogen-bond acceptors (Lipinski definition) is 7. The van der Waals surface area contributed by atoms with Crippen LogP contribution in [-0.4, -0.2) is 29.3 Å². The second-order valence-corrected chi connectivity index (χ2v) is 5.38. The van der Waals surface area contributed by atoms with Crippen molar-refractivity contribution in [3.63, 3.8) is 0 Å². The number of Topliss-reactive ketones (excluding diaryl/α,β-unsaturated/α-hetero) is 1. The van der Waals surface area contributed by atoms with Crippen LogP contribution in [0.25, 0.3) is 0 Å². The lowest BCUT2D eigenvalue weighted by Crippen LogP contribution is -2.14. The third-order valence-corrected chi connectivity index (χ3v) is 3.41. The molecule has 0 radical (unpaired) electrons. The van der Waals surface area contributed by atoms with Crippen molar-refractivity contribution in [1.82, 2.24) is 0 Å². The highest BCUT2D eigenvalue weighted by Crippen LogP contribution is 2.20. The lowest BCUT2D eigenvalue weighted by molar-refractivity contribution is -0.385. The molecule has 2 rings (SSSR count). The van der Waals surface area contributed by atoms with E-state index in [1.165, 1.54) is 43.3 Å². The number of aryl methyl sites for hydroxylation is 1. The largest absolute Gasteiger partial charge is 0.454 e. The van der Waals surface area contributed by atoms with Gasteiger partial charge in [-0.1, -0.05) is 6.07 Å². The zero-order valence-corrected chi connectivity index (χ0v) is 14.1. The van der Waals surface area contributed by atoms with E-state index in [4.69, 9.17) is 9.47 Å². The number of carbonyl (C=O) groups excluding carboxylic acids is 3. The van der Waals surface area contributed by atoms with E-state index in [0.29, 0.717) is 5.56 Å². The number of ether oxygens (including phenoxy) is 2. The van der Waals surface area contributed by atoms with Crippen LogP contribution in [0.15, 0.2) is 42.5 Å². The van der Waals surface area contributed by atoms with Crippen LogP contribution >= 0.6 is 0 Å². The molecule has 0 aliphatic carbocycles. The number of nitro groups is 1. The molecule has 8 nitrogen and oxygen atoms in total. The summed E-state index contributed by atoms with van der Waals surface area (Å²) in [5, 5.41) is 10.9. The van der Waals surface area contributed by atoms with Gasteiger partial charge in [-0.25, -0.2) is 4.79 Å². The van der Waals surface area contributed by atoms with Crippen LogP contribution in [0, 0.1) is 17.0 Å². The Morgan fingerprint density at radius 1 is 1.04 bits per heavy atom. The first-order valence-electron chi connectivity index (χ1n) is 7.52. The predicted octanol–water partition coefficient (Wildman–Crippen LogP) is 2.87. The number of hydrogen-bond donors (Lipinski definition) is 0. The molecule has 0 saturated carbocycles. The summed E-state index contributed by atoms with van der Waals surface area (Å²) in [7, 11) is 0. The van der Waals surface area contributed by atoms with Crippen LogP contribution in [0.3, 0.4) is 0 Å². The average molecular weight is 357 g/mol. The van der Waals surface area contributed by atoms with E-state index < -0.39 is 29.3 Å². The van der Waals surface area contributed by atoms with E-state index in [9.17, 15) is 24.5 Å². The summed E-state index contributed by atoms with van der Waals surface area (Å²) in [5.74, 6) is -1.49. The lowest BCUT2D eigenvalue weighted by atomic mass is 10.1. The molecule has 0 spiro atoms. The van der Waals surface area contributed by atoms with Crippen LogP contribution in [0.5, 0.6) is 5.75 Å². The minimum atomic E-state index is -0.835. The fourth-order valence-corrected chi connectivity index (χ4v) is 2.11. The van der Waals surface area contributed by atoms with E-state index in [2.05, 4.69) is 0 Å². The molecule has 0 bridgehead atoms. The molecule has 0 atom stereocenters. The Balaban J connectivity index is 2.00. The SMILES string of the molecule is CC(=O)Oc1ccc(C(=O)COC(=O)c2ccc(C)c([N+](=O)[O-])c2)cc1. The van der Waals surface area contributed by atoms with Gasteiger partial charge in [-0.2, -0.15) is 0 Å². The highest BCUT2D eigenvalue weighted by atomic mass is 16.6. The van der Waals surface area contributed by atoms with E-state index in [1.807, 2.05) is 0 Å². The topological polar surface area (TPSA) is 113 Å². The minimum Gasteiger partial charge on any atom is -0.454 e. The molecule has 2 aromatic carbocycles. The predicted molar refractivity (Wildman–Crippen MR) is 90.2 cm³/mol. The summed E-state index contributed by atoms with van der Waals surface area (Å²) in [5.41, 5.74) is 0.464. The second-order valence-electron chi connectivity index (χ2n) is 5.38. The Morgan fingerprint density at radius 2 is 1.65 bits per heavy atom. The van der Waals surface area contributed by atoms with Crippen molar-refractivity contribution in [1.29, 1.82) is 0 Å². The van der Waals surface area contributed by atoms with Gasteiger partial charge in [-0.05, 0) is 37.3 Å². The number of esters is 2. The van der Waals surface area contributed by atoms with E-state index >= 15 is 0 Å². The molecule has 26 heavy (non-hydrogen) atoms. The lowest BCUT2D eigenvalue weighted by Gasteiger charge is -2.06. The first kappa shape index (κ1) is 18.8. The zero-order valence-electron chi connectivity index (χ0n) is 14.1. The summed E-state index contributed by atoms with van der Waals surface area (Å²) < 4.78 is 9.77. The number of nitrogens with zero attached hydrogens (tertiary/aromatic N) is 1. The van der Waals surface area contributed by atoms with Gasteiger partial charge in [0.2, 0.25) is 0 Å². The smallest absolute Gasteiger partial charge is 0.338 e. The van der Waals surface area contributed by atoms with Gasteiger partial charge in [-0.3, -0.25) is 19.7 Å². The molecule has 0 unspecified atom stereocenters. The van der Waals surface area contributed by atoms with Gasteiger partial charge in [0, 0.05) is 24.1 Å². The van der Waals surface area contributed by atoms with Crippen LogP contribution in [-0.2, 0) is 9.53 Å². The van der Waals surface area contributed by atoms with Crippen molar-refractivity contribution in [3.05, 3.63) is 69.3 Å². The minimum absolute atomic E-state index is 0.0136. The normalized spacial score (nSPS) is 10.1. The summed E-state index contributed by atoms with van der Waals surface area (Å²) in [6.45, 7) is 2.29. The Bertz CT molecular complexity index is 872. The average Bonchev–Trinajstić information content (AvgIpc) is 2.59. The number of carbonyl (C=O) groups is 3. The number of benzene rings is 2. The Morgan fingerprint density at radius 3 is 2.23 bits per heavy atom. The van der Waals surface area contributed by atoms with E-state index in [-0.39, 0.29) is 22.6 Å². The fourth-order valence-electron chi connectivity index (χ4n) is 2.11. The van der Waals surface area contributed by atoms with Crippen LogP contribution < -0.4 is 4.74 Å². The monoisotopic (exact) mass is 357 g/mol. The molecule has 0 amide bonds. The Kier molecular flexibility index (Phi) is 5.79. The van der Waals surface area contributed by atoms with Crippen LogP contribution in [0.2, 0.25) is 0 Å². The summed E-state index contributed by atoms with van der Waals surface area (Å²) >= 11 is 0. The molecule has 0 heterocycles. The fraction of sp³-hybridized carbons (Fsp3) is 0.167. The molecule has 0 fully saturated rings. The molecule has 0 aliphatic rings. The van der Waals surface area contributed by atoms with Crippen molar-refractivity contribution in [2.45, 2.75) is 13.8 Å². The first-order valence-corrected chi connectivity index (χ1v) is 7.52. The molecule has 0 saturated heterocycles. The number of rotatable bonds is 6. The molecule has 8 heteroatoms. The Hall–Kier alpha value is -3.55. The molecule has 0 aliphatic heterocycles. The standard InChI is InChI=1S/C18H15NO7/c1-11-3-4-14(9-16(11)19(23)24)18(22)25-10-17(21)13-5-7-15(8-6-13)26-12(2)20/h3-9H,10H2,1-2H3.